The number of aromatic nitrogens is 1. The number of aliphatic imine (C=N–C) groups is 1. The summed E-state index contributed by atoms with van der Waals surface area (Å²) in [6.45, 7) is 7.23. The molecule has 9 heteroatoms. The highest BCUT2D eigenvalue weighted by Crippen LogP contribution is 2.20. The van der Waals surface area contributed by atoms with Gasteiger partial charge in [-0.3, -0.25) is 9.79 Å². The van der Waals surface area contributed by atoms with E-state index in [1.54, 1.807) is 25.5 Å². The van der Waals surface area contributed by atoms with Crippen molar-refractivity contribution in [3.8, 4) is 0 Å². The van der Waals surface area contributed by atoms with Gasteiger partial charge < -0.3 is 20.3 Å². The van der Waals surface area contributed by atoms with Gasteiger partial charge >= 0.3 is 0 Å². The normalized spacial score (nSPS) is 13.5. The summed E-state index contributed by atoms with van der Waals surface area (Å²) in [7, 11) is 5.37. The van der Waals surface area contributed by atoms with E-state index < -0.39 is 0 Å². The lowest BCUT2D eigenvalue weighted by Gasteiger charge is -2.21. The third-order valence-corrected chi connectivity index (χ3v) is 4.95. The standard InChI is InChI=1S/C17H31N5O2S.HI/c1-7-12(2)20-15(23)8-9-19-17(18-4)22(5)10-14-11-25-16(21-14)13(3)24-6;/h11-13H,7-10H2,1-6H3,(H,18,19)(H,20,23);1H. The highest BCUT2D eigenvalue weighted by Gasteiger charge is 2.13. The van der Waals surface area contributed by atoms with Crippen molar-refractivity contribution in [2.24, 2.45) is 4.99 Å². The maximum Gasteiger partial charge on any atom is 0.221 e. The van der Waals surface area contributed by atoms with Crippen molar-refractivity contribution in [1.29, 1.82) is 0 Å². The molecule has 26 heavy (non-hydrogen) atoms. The van der Waals surface area contributed by atoms with Crippen molar-refractivity contribution >= 4 is 47.2 Å². The molecule has 0 aliphatic heterocycles. The van der Waals surface area contributed by atoms with Crippen LogP contribution in [0.25, 0.3) is 0 Å². The van der Waals surface area contributed by atoms with Crippen LogP contribution in [-0.4, -0.2) is 55.5 Å². The number of carbonyl (C=O) groups is 1. The van der Waals surface area contributed by atoms with E-state index in [-0.39, 0.29) is 42.0 Å². The van der Waals surface area contributed by atoms with Gasteiger partial charge in [0.05, 0.1) is 12.2 Å². The molecule has 0 spiro atoms. The van der Waals surface area contributed by atoms with Crippen LogP contribution >= 0.6 is 35.3 Å². The molecule has 1 rings (SSSR count). The number of guanidine groups is 1. The summed E-state index contributed by atoms with van der Waals surface area (Å²) in [4.78, 5) is 22.7. The largest absolute Gasteiger partial charge is 0.375 e. The molecule has 0 saturated heterocycles. The molecule has 1 amide bonds. The Morgan fingerprint density at radius 2 is 2.15 bits per heavy atom. The smallest absolute Gasteiger partial charge is 0.221 e. The van der Waals surface area contributed by atoms with Crippen LogP contribution in [0.1, 0.15) is 50.4 Å². The molecular weight excluding hydrogens is 465 g/mol. The highest BCUT2D eigenvalue weighted by molar-refractivity contribution is 14.0. The molecule has 150 valence electrons. The van der Waals surface area contributed by atoms with Crippen molar-refractivity contribution in [1.82, 2.24) is 20.5 Å². The lowest BCUT2D eigenvalue weighted by atomic mass is 10.2. The van der Waals surface area contributed by atoms with E-state index in [2.05, 4.69) is 27.5 Å². The third-order valence-electron chi connectivity index (χ3n) is 3.90. The molecule has 2 unspecified atom stereocenters. The summed E-state index contributed by atoms with van der Waals surface area (Å²) in [5.41, 5.74) is 0.976. The summed E-state index contributed by atoms with van der Waals surface area (Å²) < 4.78 is 5.29. The van der Waals surface area contributed by atoms with Crippen LogP contribution in [0.4, 0.5) is 0 Å². The summed E-state index contributed by atoms with van der Waals surface area (Å²) in [5.74, 6) is 0.795. The first-order valence-corrected chi connectivity index (χ1v) is 9.47. The zero-order valence-corrected chi connectivity index (χ0v) is 19.7. The van der Waals surface area contributed by atoms with Gasteiger partial charge in [0.1, 0.15) is 11.1 Å². The van der Waals surface area contributed by atoms with Gasteiger partial charge in [-0.15, -0.1) is 35.3 Å². The van der Waals surface area contributed by atoms with Gasteiger partial charge in [0.15, 0.2) is 5.96 Å². The van der Waals surface area contributed by atoms with Gasteiger partial charge in [-0.25, -0.2) is 4.98 Å². The molecule has 1 aromatic rings. The molecule has 0 radical (unpaired) electrons. The summed E-state index contributed by atoms with van der Waals surface area (Å²) in [6.07, 6.45) is 1.36. The van der Waals surface area contributed by atoms with Gasteiger partial charge in [-0.2, -0.15) is 0 Å². The summed E-state index contributed by atoms with van der Waals surface area (Å²) >= 11 is 1.60. The van der Waals surface area contributed by atoms with Crippen LogP contribution in [-0.2, 0) is 16.1 Å². The first kappa shape index (κ1) is 25.1. The monoisotopic (exact) mass is 497 g/mol. The number of amides is 1. The molecule has 0 aromatic carbocycles. The van der Waals surface area contributed by atoms with Gasteiger partial charge in [0.2, 0.25) is 5.91 Å². The van der Waals surface area contributed by atoms with Crippen molar-refractivity contribution < 1.29 is 9.53 Å². The predicted octanol–water partition coefficient (Wildman–Crippen LogP) is 2.78. The van der Waals surface area contributed by atoms with Gasteiger partial charge in [-0.05, 0) is 20.3 Å². The van der Waals surface area contributed by atoms with Crippen LogP contribution in [0.5, 0.6) is 0 Å². The molecular formula is C17H32IN5O2S. The highest BCUT2D eigenvalue weighted by atomic mass is 127. The maximum absolute atomic E-state index is 11.8. The second-order valence-electron chi connectivity index (χ2n) is 6.01. The molecule has 0 saturated carbocycles. The van der Waals surface area contributed by atoms with Crippen LogP contribution in [0.3, 0.4) is 0 Å². The Kier molecular flexibility index (Phi) is 12.8. The molecule has 2 atom stereocenters. The first-order chi connectivity index (χ1) is 11.9. The molecule has 0 aliphatic rings. The molecule has 7 nitrogen and oxygen atoms in total. The Labute approximate surface area is 178 Å². The fraction of sp³-hybridized carbons (Fsp3) is 0.706. The molecule has 0 fully saturated rings. The van der Waals surface area contributed by atoms with E-state index in [0.29, 0.717) is 19.5 Å². The second-order valence-corrected chi connectivity index (χ2v) is 6.90. The number of ether oxygens (including phenoxy) is 1. The Morgan fingerprint density at radius 3 is 2.73 bits per heavy atom. The lowest BCUT2D eigenvalue weighted by molar-refractivity contribution is -0.121. The number of halogens is 1. The number of nitrogens with zero attached hydrogens (tertiary/aromatic N) is 3. The predicted molar refractivity (Wildman–Crippen MR) is 118 cm³/mol. The SMILES string of the molecule is CCC(C)NC(=O)CCNC(=NC)N(C)Cc1csc(C(C)OC)n1.I. The van der Waals surface area contributed by atoms with E-state index in [1.807, 2.05) is 31.2 Å². The molecule has 0 aliphatic carbocycles. The number of rotatable bonds is 9. The zero-order valence-electron chi connectivity index (χ0n) is 16.5. The number of methoxy groups -OCH3 is 1. The number of carbonyl (C=O) groups excluding carboxylic acids is 1. The minimum atomic E-state index is 0. The van der Waals surface area contributed by atoms with E-state index >= 15 is 0 Å². The number of hydrogen-bond acceptors (Lipinski definition) is 5. The van der Waals surface area contributed by atoms with Crippen molar-refractivity contribution in [3.63, 3.8) is 0 Å². The first-order valence-electron chi connectivity index (χ1n) is 8.59. The van der Waals surface area contributed by atoms with E-state index in [1.165, 1.54) is 0 Å². The quantitative estimate of drug-likeness (QED) is 0.312. The topological polar surface area (TPSA) is 78.9 Å². The Bertz CT molecular complexity index is 567. The third kappa shape index (κ3) is 8.63. The van der Waals surface area contributed by atoms with Crippen LogP contribution in [0.2, 0.25) is 0 Å². The van der Waals surface area contributed by atoms with E-state index in [0.717, 1.165) is 23.1 Å². The van der Waals surface area contributed by atoms with Crippen LogP contribution in [0.15, 0.2) is 10.4 Å². The minimum Gasteiger partial charge on any atom is -0.375 e. The van der Waals surface area contributed by atoms with Crippen molar-refractivity contribution in [3.05, 3.63) is 16.1 Å². The number of hydrogen-bond donors (Lipinski definition) is 2. The maximum atomic E-state index is 11.8. The van der Waals surface area contributed by atoms with E-state index in [9.17, 15) is 4.79 Å². The molecule has 2 N–H and O–H groups in total. The van der Waals surface area contributed by atoms with Gasteiger partial charge in [0.25, 0.3) is 0 Å². The number of nitrogens with one attached hydrogen (secondary N) is 2. The Morgan fingerprint density at radius 1 is 1.46 bits per heavy atom. The second kappa shape index (κ2) is 13.3. The summed E-state index contributed by atoms with van der Waals surface area (Å²) in [5, 5.41) is 9.18. The zero-order chi connectivity index (χ0) is 18.8. The molecule has 0 bridgehead atoms. The van der Waals surface area contributed by atoms with Crippen molar-refractivity contribution in [2.75, 3.05) is 27.7 Å². The average molecular weight is 497 g/mol. The average Bonchev–Trinajstić information content (AvgIpc) is 3.06. The fourth-order valence-corrected chi connectivity index (χ4v) is 2.96. The molecule has 1 aromatic heterocycles. The minimum absolute atomic E-state index is 0. The Hall–Kier alpha value is -0.940. The number of thiazole rings is 1. The van der Waals surface area contributed by atoms with Gasteiger partial charge in [0, 0.05) is 45.6 Å². The fourth-order valence-electron chi connectivity index (χ4n) is 2.12. The lowest BCUT2D eigenvalue weighted by Crippen LogP contribution is -2.41. The Balaban J connectivity index is 0.00000625. The van der Waals surface area contributed by atoms with Gasteiger partial charge in [-0.1, -0.05) is 6.92 Å². The summed E-state index contributed by atoms with van der Waals surface area (Å²) in [6, 6.07) is 0.211. The molecule has 1 heterocycles. The van der Waals surface area contributed by atoms with Crippen LogP contribution in [0, 0.1) is 0 Å². The van der Waals surface area contributed by atoms with Crippen molar-refractivity contribution in [2.45, 2.75) is 52.3 Å². The van der Waals surface area contributed by atoms with Crippen LogP contribution < -0.4 is 10.6 Å². The van der Waals surface area contributed by atoms with E-state index in [4.69, 9.17) is 4.74 Å².